The minimum Gasteiger partial charge on any atom is -0.480 e. The average molecular weight is 477 g/mol. The van der Waals surface area contributed by atoms with Crippen LogP contribution in [0.4, 0.5) is 4.79 Å². The molecule has 2 fully saturated rings. The smallest absolute Gasteiger partial charge is 0.407 e. The summed E-state index contributed by atoms with van der Waals surface area (Å²) in [5.74, 6) is -1.03. The average Bonchev–Trinajstić information content (AvgIpc) is 3.15. The second kappa shape index (κ2) is 10.1. The highest BCUT2D eigenvalue weighted by Crippen LogP contribution is 2.44. The number of carbonyl (C=O) groups is 3. The molecule has 2 N–H and O–H groups in total. The fourth-order valence-corrected chi connectivity index (χ4v) is 5.87. The van der Waals surface area contributed by atoms with Crippen LogP contribution >= 0.6 is 0 Å². The van der Waals surface area contributed by atoms with E-state index < -0.39 is 24.1 Å². The van der Waals surface area contributed by atoms with Gasteiger partial charge in [-0.05, 0) is 41.0 Å². The van der Waals surface area contributed by atoms with Crippen LogP contribution in [-0.2, 0) is 14.3 Å². The lowest BCUT2D eigenvalue weighted by atomic mass is 9.84. The molecule has 35 heavy (non-hydrogen) atoms. The molecule has 2 atom stereocenters. The number of rotatable bonds is 7. The van der Waals surface area contributed by atoms with Gasteiger partial charge in [-0.3, -0.25) is 4.79 Å². The Balaban J connectivity index is 1.27. The monoisotopic (exact) mass is 476 g/mol. The molecule has 7 nitrogen and oxygen atoms in total. The van der Waals surface area contributed by atoms with Crippen molar-refractivity contribution in [3.8, 4) is 11.1 Å². The summed E-state index contributed by atoms with van der Waals surface area (Å²) in [6.45, 7) is 0.578. The lowest BCUT2D eigenvalue weighted by Gasteiger charge is -2.40. The van der Waals surface area contributed by atoms with Gasteiger partial charge in [0.2, 0.25) is 5.91 Å². The zero-order valence-corrected chi connectivity index (χ0v) is 19.8. The van der Waals surface area contributed by atoms with Crippen LogP contribution in [0.1, 0.15) is 62.0 Å². The van der Waals surface area contributed by atoms with Gasteiger partial charge in [-0.1, -0.05) is 80.6 Å². The van der Waals surface area contributed by atoms with E-state index in [9.17, 15) is 19.5 Å². The summed E-state index contributed by atoms with van der Waals surface area (Å²) >= 11 is 0. The Labute approximate surface area is 205 Å². The second-order valence-electron chi connectivity index (χ2n) is 9.94. The van der Waals surface area contributed by atoms with Gasteiger partial charge in [-0.2, -0.15) is 0 Å². The summed E-state index contributed by atoms with van der Waals surface area (Å²) in [6, 6.07) is 14.7. The van der Waals surface area contributed by atoms with Crippen LogP contribution in [0.25, 0.3) is 11.1 Å². The summed E-state index contributed by atoms with van der Waals surface area (Å²) in [7, 11) is 0. The number of carboxylic acid groups (broad SMARTS) is 1. The Hall–Kier alpha value is -3.35. The molecule has 0 aromatic heterocycles. The van der Waals surface area contributed by atoms with E-state index in [-0.39, 0.29) is 18.4 Å². The van der Waals surface area contributed by atoms with Crippen LogP contribution in [0.3, 0.4) is 0 Å². The molecule has 0 radical (unpaired) electrons. The number of alkyl carbamates (subject to hydrolysis) is 1. The summed E-state index contributed by atoms with van der Waals surface area (Å²) in [5, 5.41) is 12.2. The van der Waals surface area contributed by atoms with Crippen LogP contribution in [0, 0.1) is 5.92 Å². The highest BCUT2D eigenvalue weighted by atomic mass is 16.5. The zero-order valence-electron chi connectivity index (χ0n) is 19.8. The number of carboxylic acids is 1. The molecule has 2 unspecified atom stereocenters. The number of hydrogen-bond donors (Lipinski definition) is 2. The van der Waals surface area contributed by atoms with Gasteiger partial charge in [0, 0.05) is 12.5 Å². The summed E-state index contributed by atoms with van der Waals surface area (Å²) in [5.41, 5.74) is 4.56. The van der Waals surface area contributed by atoms with E-state index in [2.05, 4.69) is 29.6 Å². The number of benzene rings is 2. The van der Waals surface area contributed by atoms with E-state index in [1.165, 1.54) is 11.3 Å². The van der Waals surface area contributed by atoms with Gasteiger partial charge in [-0.25, -0.2) is 9.59 Å². The van der Waals surface area contributed by atoms with Crippen molar-refractivity contribution in [2.75, 3.05) is 13.2 Å². The quantitative estimate of drug-likeness (QED) is 0.611. The Morgan fingerprint density at radius 3 is 2.14 bits per heavy atom. The molecule has 0 bridgehead atoms. The first-order valence-corrected chi connectivity index (χ1v) is 12.7. The zero-order chi connectivity index (χ0) is 24.4. The van der Waals surface area contributed by atoms with Crippen molar-refractivity contribution in [2.45, 2.75) is 62.9 Å². The predicted molar refractivity (Wildman–Crippen MR) is 131 cm³/mol. The van der Waals surface area contributed by atoms with Crippen LogP contribution in [0.5, 0.6) is 0 Å². The predicted octanol–water partition coefficient (Wildman–Crippen LogP) is 4.55. The molecule has 1 saturated carbocycles. The van der Waals surface area contributed by atoms with Crippen molar-refractivity contribution in [1.82, 2.24) is 10.2 Å². The highest BCUT2D eigenvalue weighted by molar-refractivity contribution is 5.90. The maximum absolute atomic E-state index is 13.2. The third kappa shape index (κ3) is 4.77. The third-order valence-corrected chi connectivity index (χ3v) is 7.82. The first-order chi connectivity index (χ1) is 17.0. The van der Waals surface area contributed by atoms with E-state index in [0.717, 1.165) is 47.9 Å². The first-order valence-electron chi connectivity index (χ1n) is 12.7. The molecule has 2 aromatic rings. The largest absolute Gasteiger partial charge is 0.480 e. The van der Waals surface area contributed by atoms with Crippen molar-refractivity contribution in [1.29, 1.82) is 0 Å². The van der Waals surface area contributed by atoms with Crippen molar-refractivity contribution in [3.05, 3.63) is 59.7 Å². The van der Waals surface area contributed by atoms with Crippen LogP contribution in [0.15, 0.2) is 48.5 Å². The molecular formula is C28H32N2O5. The second-order valence-corrected chi connectivity index (χ2v) is 9.94. The number of nitrogens with one attached hydrogen (secondary N) is 1. The van der Waals surface area contributed by atoms with E-state index in [0.29, 0.717) is 25.3 Å². The summed E-state index contributed by atoms with van der Waals surface area (Å²) in [4.78, 5) is 39.0. The molecule has 2 amide bonds. The normalized spacial score (nSPS) is 20.3. The van der Waals surface area contributed by atoms with E-state index in [1.54, 1.807) is 0 Å². The number of ether oxygens (including phenoxy) is 1. The fraction of sp³-hybridized carbons (Fsp3) is 0.464. The van der Waals surface area contributed by atoms with E-state index in [1.807, 2.05) is 24.3 Å². The molecular weight excluding hydrogens is 444 g/mol. The number of fused-ring (bicyclic) bond motifs is 3. The number of likely N-dealkylation sites (tertiary alicyclic amines) is 1. The van der Waals surface area contributed by atoms with Gasteiger partial charge >= 0.3 is 12.1 Å². The van der Waals surface area contributed by atoms with Gasteiger partial charge in [0.25, 0.3) is 0 Å². The standard InChI is InChI=1S/C28H32N2O5/c31-26(30-15-14-25(30)27(32)33)24(16-18-8-2-1-3-9-18)29-28(34)35-17-23-21-12-6-4-10-19(21)20-11-5-7-13-22(20)23/h4-7,10-13,18,23-25H,1-3,8-9,14-17H2,(H,29,34)(H,32,33). The van der Waals surface area contributed by atoms with Crippen molar-refractivity contribution in [3.63, 3.8) is 0 Å². The van der Waals surface area contributed by atoms with Crippen molar-refractivity contribution < 1.29 is 24.2 Å². The maximum Gasteiger partial charge on any atom is 0.407 e. The van der Waals surface area contributed by atoms with Gasteiger partial charge in [0.15, 0.2) is 0 Å². The molecule has 1 heterocycles. The SMILES string of the molecule is O=C(NC(CC1CCCCC1)C(=O)N1CCC1C(=O)O)OCC1c2ccccc2-c2ccccc21. The van der Waals surface area contributed by atoms with Crippen molar-refractivity contribution >= 4 is 18.0 Å². The third-order valence-electron chi connectivity index (χ3n) is 7.82. The summed E-state index contributed by atoms with van der Waals surface area (Å²) < 4.78 is 5.68. The van der Waals surface area contributed by atoms with Gasteiger partial charge in [-0.15, -0.1) is 0 Å². The Morgan fingerprint density at radius 1 is 0.943 bits per heavy atom. The number of amides is 2. The van der Waals surface area contributed by atoms with E-state index >= 15 is 0 Å². The lowest BCUT2D eigenvalue weighted by molar-refractivity contribution is -0.158. The molecule has 1 aliphatic heterocycles. The number of carbonyl (C=O) groups excluding carboxylic acids is 2. The van der Waals surface area contributed by atoms with Crippen molar-refractivity contribution in [2.24, 2.45) is 5.92 Å². The molecule has 7 heteroatoms. The minimum absolute atomic E-state index is 0.0626. The molecule has 0 spiro atoms. The van der Waals surface area contributed by atoms with Gasteiger partial charge in [0.05, 0.1) is 0 Å². The molecule has 2 aliphatic carbocycles. The van der Waals surface area contributed by atoms with E-state index in [4.69, 9.17) is 4.74 Å². The van der Waals surface area contributed by atoms with Crippen LogP contribution in [-0.4, -0.2) is 53.2 Å². The molecule has 2 aromatic carbocycles. The molecule has 184 valence electrons. The minimum atomic E-state index is -0.998. The highest BCUT2D eigenvalue weighted by Gasteiger charge is 2.41. The topological polar surface area (TPSA) is 95.9 Å². The number of aliphatic carboxylic acids is 1. The number of hydrogen-bond acceptors (Lipinski definition) is 4. The van der Waals surface area contributed by atoms with Gasteiger partial charge in [0.1, 0.15) is 18.7 Å². The maximum atomic E-state index is 13.2. The van der Waals surface area contributed by atoms with Crippen LogP contribution < -0.4 is 5.32 Å². The van der Waals surface area contributed by atoms with Crippen LogP contribution in [0.2, 0.25) is 0 Å². The Kier molecular flexibility index (Phi) is 6.75. The summed E-state index contributed by atoms with van der Waals surface area (Å²) in [6.07, 6.45) is 5.83. The first kappa shape index (κ1) is 23.4. The number of nitrogens with zero attached hydrogens (tertiary/aromatic N) is 1. The molecule has 1 saturated heterocycles. The molecule has 5 rings (SSSR count). The molecule has 3 aliphatic rings. The Morgan fingerprint density at radius 2 is 1.57 bits per heavy atom. The Bertz CT molecular complexity index is 1060. The lowest BCUT2D eigenvalue weighted by Crippen LogP contribution is -2.60. The van der Waals surface area contributed by atoms with Gasteiger partial charge < -0.3 is 20.1 Å². The fourth-order valence-electron chi connectivity index (χ4n) is 5.87.